The zero-order chi connectivity index (χ0) is 14.8. The van der Waals surface area contributed by atoms with Crippen LogP contribution in [-0.4, -0.2) is 31.5 Å². The molecule has 0 radical (unpaired) electrons. The van der Waals surface area contributed by atoms with E-state index in [1.165, 1.54) is 28.4 Å². The molecule has 110 valence electrons. The molecular weight excluding hydrogens is 272 g/mol. The molecule has 0 aliphatic heterocycles. The molecular formula is C15H22N2O2S. The summed E-state index contributed by atoms with van der Waals surface area (Å²) in [5.41, 5.74) is 3.78. The number of aromatic nitrogens is 1. The normalized spacial score (nSPS) is 12.2. The van der Waals surface area contributed by atoms with Gasteiger partial charge in [-0.15, -0.1) is 0 Å². The van der Waals surface area contributed by atoms with Crippen LogP contribution >= 0.6 is 0 Å². The summed E-state index contributed by atoms with van der Waals surface area (Å²) in [6.45, 7) is 3.62. The van der Waals surface area contributed by atoms with Crippen molar-refractivity contribution in [2.75, 3.05) is 18.6 Å². The number of nitrogens with one attached hydrogen (secondary N) is 1. The number of benzene rings is 1. The molecule has 0 amide bonds. The van der Waals surface area contributed by atoms with Crippen molar-refractivity contribution in [3.8, 4) is 0 Å². The first kappa shape index (κ1) is 15.1. The van der Waals surface area contributed by atoms with Crippen LogP contribution in [0.5, 0.6) is 0 Å². The second-order valence-electron chi connectivity index (χ2n) is 5.31. The van der Waals surface area contributed by atoms with Crippen LogP contribution in [0, 0.1) is 6.92 Å². The molecule has 0 unspecified atom stereocenters. The summed E-state index contributed by atoms with van der Waals surface area (Å²) in [6, 6.07) is 8.36. The average molecular weight is 294 g/mol. The summed E-state index contributed by atoms with van der Waals surface area (Å²) < 4.78 is 24.3. The minimum Gasteiger partial charge on any atom is -0.346 e. The fourth-order valence-corrected chi connectivity index (χ4v) is 3.22. The van der Waals surface area contributed by atoms with Crippen LogP contribution in [0.2, 0.25) is 0 Å². The van der Waals surface area contributed by atoms with Gasteiger partial charge in [0.2, 0.25) is 0 Å². The van der Waals surface area contributed by atoms with Crippen molar-refractivity contribution in [2.24, 2.45) is 7.05 Å². The third kappa shape index (κ3) is 3.41. The monoisotopic (exact) mass is 294 g/mol. The van der Waals surface area contributed by atoms with Crippen molar-refractivity contribution >= 4 is 20.7 Å². The highest BCUT2D eigenvalue weighted by Crippen LogP contribution is 2.24. The van der Waals surface area contributed by atoms with Crippen LogP contribution in [0.1, 0.15) is 17.7 Å². The van der Waals surface area contributed by atoms with E-state index in [0.717, 1.165) is 6.54 Å². The minimum atomic E-state index is -2.85. The zero-order valence-electron chi connectivity index (χ0n) is 12.3. The predicted octanol–water partition coefficient (Wildman–Crippen LogP) is 2.01. The molecule has 20 heavy (non-hydrogen) atoms. The third-order valence-electron chi connectivity index (χ3n) is 3.67. The molecule has 2 rings (SSSR count). The lowest BCUT2D eigenvalue weighted by Crippen LogP contribution is -2.19. The van der Waals surface area contributed by atoms with E-state index >= 15 is 0 Å². The van der Waals surface area contributed by atoms with E-state index in [1.54, 1.807) is 0 Å². The lowest BCUT2D eigenvalue weighted by molar-refractivity contribution is 0.592. The standard InChI is InChI=1S/C15H22N2O2S/c1-12-13-7-4-5-8-14(13)17(2)15(12)11-16-9-6-10-20(3,18)19/h4-5,7-8,16H,6,9-11H2,1-3H3. The van der Waals surface area contributed by atoms with Crippen molar-refractivity contribution in [2.45, 2.75) is 19.9 Å². The van der Waals surface area contributed by atoms with E-state index < -0.39 is 9.84 Å². The number of para-hydroxylation sites is 1. The minimum absolute atomic E-state index is 0.244. The van der Waals surface area contributed by atoms with Crippen molar-refractivity contribution in [3.63, 3.8) is 0 Å². The molecule has 1 aromatic heterocycles. The lowest BCUT2D eigenvalue weighted by atomic mass is 10.1. The Morgan fingerprint density at radius 3 is 2.60 bits per heavy atom. The van der Waals surface area contributed by atoms with Crippen LogP contribution in [0.3, 0.4) is 0 Å². The Balaban J connectivity index is 2.00. The Bertz CT molecular complexity index is 663. The van der Waals surface area contributed by atoms with Gasteiger partial charge in [-0.25, -0.2) is 8.42 Å². The first-order chi connectivity index (χ1) is 9.40. The molecule has 0 bridgehead atoms. The van der Waals surface area contributed by atoms with Crippen LogP contribution in [-0.2, 0) is 23.4 Å². The molecule has 1 N–H and O–H groups in total. The van der Waals surface area contributed by atoms with E-state index in [4.69, 9.17) is 0 Å². The van der Waals surface area contributed by atoms with Gasteiger partial charge in [0.05, 0.1) is 5.75 Å². The van der Waals surface area contributed by atoms with Gasteiger partial charge < -0.3 is 9.88 Å². The van der Waals surface area contributed by atoms with Gasteiger partial charge >= 0.3 is 0 Å². The van der Waals surface area contributed by atoms with E-state index in [-0.39, 0.29) is 5.75 Å². The van der Waals surface area contributed by atoms with Crippen LogP contribution in [0.25, 0.3) is 10.9 Å². The van der Waals surface area contributed by atoms with E-state index in [2.05, 4.69) is 42.1 Å². The number of nitrogens with zero attached hydrogens (tertiary/aromatic N) is 1. The Morgan fingerprint density at radius 2 is 1.95 bits per heavy atom. The topological polar surface area (TPSA) is 51.1 Å². The lowest BCUT2D eigenvalue weighted by Gasteiger charge is -2.07. The number of sulfone groups is 1. The Morgan fingerprint density at radius 1 is 1.25 bits per heavy atom. The quantitative estimate of drug-likeness (QED) is 0.829. The summed E-state index contributed by atoms with van der Waals surface area (Å²) in [4.78, 5) is 0. The van der Waals surface area contributed by atoms with Crippen molar-refractivity contribution in [1.82, 2.24) is 9.88 Å². The maximum Gasteiger partial charge on any atom is 0.147 e. The molecule has 5 heteroatoms. The SMILES string of the molecule is Cc1c(CNCCCS(C)(=O)=O)n(C)c2ccccc12. The van der Waals surface area contributed by atoms with Crippen LogP contribution in [0.4, 0.5) is 0 Å². The van der Waals surface area contributed by atoms with Gasteiger partial charge in [0, 0.05) is 36.4 Å². The predicted molar refractivity (Wildman–Crippen MR) is 83.7 cm³/mol. The fourth-order valence-electron chi connectivity index (χ4n) is 2.55. The highest BCUT2D eigenvalue weighted by molar-refractivity contribution is 7.90. The molecule has 1 heterocycles. The maximum atomic E-state index is 11.1. The smallest absolute Gasteiger partial charge is 0.147 e. The highest BCUT2D eigenvalue weighted by Gasteiger charge is 2.10. The Labute approximate surface area is 120 Å². The summed E-state index contributed by atoms with van der Waals surface area (Å²) in [7, 11) is -0.779. The fraction of sp³-hybridized carbons (Fsp3) is 0.467. The van der Waals surface area contributed by atoms with Gasteiger partial charge in [0.1, 0.15) is 9.84 Å². The van der Waals surface area contributed by atoms with Crippen LogP contribution < -0.4 is 5.32 Å². The van der Waals surface area contributed by atoms with Gasteiger partial charge in [-0.3, -0.25) is 0 Å². The first-order valence-corrected chi connectivity index (χ1v) is 8.87. The molecule has 0 aliphatic rings. The third-order valence-corrected chi connectivity index (χ3v) is 4.70. The number of aryl methyl sites for hydroxylation is 2. The second-order valence-corrected chi connectivity index (χ2v) is 7.57. The van der Waals surface area contributed by atoms with Crippen molar-refractivity contribution < 1.29 is 8.42 Å². The average Bonchev–Trinajstić information content (AvgIpc) is 2.62. The van der Waals surface area contributed by atoms with Gasteiger partial charge in [0.15, 0.2) is 0 Å². The molecule has 0 saturated carbocycles. The zero-order valence-corrected chi connectivity index (χ0v) is 13.1. The number of fused-ring (bicyclic) bond motifs is 1. The molecule has 4 nitrogen and oxygen atoms in total. The van der Waals surface area contributed by atoms with Crippen molar-refractivity contribution in [1.29, 1.82) is 0 Å². The molecule has 2 aromatic rings. The maximum absolute atomic E-state index is 11.1. The summed E-state index contributed by atoms with van der Waals surface area (Å²) >= 11 is 0. The Kier molecular flexibility index (Phi) is 4.50. The van der Waals surface area contributed by atoms with E-state index in [9.17, 15) is 8.42 Å². The largest absolute Gasteiger partial charge is 0.346 e. The van der Waals surface area contributed by atoms with Gasteiger partial charge in [-0.05, 0) is 31.5 Å². The van der Waals surface area contributed by atoms with Crippen LogP contribution in [0.15, 0.2) is 24.3 Å². The van der Waals surface area contributed by atoms with Gasteiger partial charge in [0.25, 0.3) is 0 Å². The molecule has 1 aromatic carbocycles. The highest BCUT2D eigenvalue weighted by atomic mass is 32.2. The molecule has 0 aliphatic carbocycles. The molecule has 0 fully saturated rings. The van der Waals surface area contributed by atoms with E-state index in [1.807, 2.05) is 6.07 Å². The van der Waals surface area contributed by atoms with Crippen molar-refractivity contribution in [3.05, 3.63) is 35.5 Å². The number of rotatable bonds is 6. The number of hydrogen-bond donors (Lipinski definition) is 1. The molecule has 0 saturated heterocycles. The number of hydrogen-bond acceptors (Lipinski definition) is 3. The molecule has 0 atom stereocenters. The Hall–Kier alpha value is -1.33. The second kappa shape index (κ2) is 5.97. The first-order valence-electron chi connectivity index (χ1n) is 6.81. The van der Waals surface area contributed by atoms with Gasteiger partial charge in [-0.1, -0.05) is 18.2 Å². The molecule has 0 spiro atoms. The summed E-state index contributed by atoms with van der Waals surface area (Å²) in [6.07, 6.45) is 1.93. The van der Waals surface area contributed by atoms with Gasteiger partial charge in [-0.2, -0.15) is 0 Å². The van der Waals surface area contributed by atoms with E-state index in [0.29, 0.717) is 13.0 Å². The summed E-state index contributed by atoms with van der Waals surface area (Å²) in [5, 5.41) is 4.61. The summed E-state index contributed by atoms with van der Waals surface area (Å²) in [5.74, 6) is 0.244.